The van der Waals surface area contributed by atoms with Crippen LogP contribution in [0.1, 0.15) is 20.3 Å². The predicted molar refractivity (Wildman–Crippen MR) is 74.8 cm³/mol. The maximum absolute atomic E-state index is 11.4. The van der Waals surface area contributed by atoms with Crippen molar-refractivity contribution in [2.24, 2.45) is 17.8 Å². The number of hydrogen-bond acceptors (Lipinski definition) is 4. The van der Waals surface area contributed by atoms with Crippen molar-refractivity contribution in [3.8, 4) is 0 Å². The van der Waals surface area contributed by atoms with Crippen LogP contribution in [0.2, 0.25) is 0 Å². The van der Waals surface area contributed by atoms with Gasteiger partial charge in [-0.25, -0.2) is 0 Å². The normalized spacial score (nSPS) is 35.4. The number of fused-ring (bicyclic) bond motifs is 2. The van der Waals surface area contributed by atoms with E-state index in [0.29, 0.717) is 6.42 Å². The van der Waals surface area contributed by atoms with Crippen LogP contribution in [-0.4, -0.2) is 14.8 Å². The van der Waals surface area contributed by atoms with E-state index in [-0.39, 0.29) is 5.92 Å². The molecule has 0 aliphatic heterocycles. The van der Waals surface area contributed by atoms with Crippen molar-refractivity contribution in [2.75, 3.05) is 0 Å². The van der Waals surface area contributed by atoms with Crippen LogP contribution in [0, 0.1) is 38.0 Å². The third-order valence-electron chi connectivity index (χ3n) is 4.48. The summed E-state index contributed by atoms with van der Waals surface area (Å²) in [6, 6.07) is 0. The molecule has 6 nitrogen and oxygen atoms in total. The molecule has 2 rings (SSSR count). The molecule has 0 aromatic heterocycles. The van der Waals surface area contributed by atoms with Crippen LogP contribution in [0.3, 0.4) is 0 Å². The Hall–Kier alpha value is -0.850. The fourth-order valence-electron chi connectivity index (χ4n) is 3.45. The van der Waals surface area contributed by atoms with E-state index in [1.807, 2.05) is 6.92 Å². The second-order valence-corrected chi connectivity index (χ2v) is 6.68. The Labute approximate surface area is 129 Å². The molecule has 0 aromatic carbocycles. The van der Waals surface area contributed by atoms with Crippen molar-refractivity contribution in [1.82, 2.24) is 0 Å². The molecular formula is C11H11Cl3N2O4. The van der Waals surface area contributed by atoms with Crippen LogP contribution >= 0.6 is 34.8 Å². The van der Waals surface area contributed by atoms with Gasteiger partial charge in [0.1, 0.15) is 5.92 Å². The minimum atomic E-state index is -1.97. The lowest BCUT2D eigenvalue weighted by atomic mass is 9.79. The molecule has 0 heterocycles. The van der Waals surface area contributed by atoms with E-state index in [4.69, 9.17) is 34.8 Å². The molecule has 1 saturated carbocycles. The van der Waals surface area contributed by atoms with Crippen LogP contribution < -0.4 is 0 Å². The minimum absolute atomic E-state index is 0.379. The van der Waals surface area contributed by atoms with E-state index in [2.05, 4.69) is 0 Å². The monoisotopic (exact) mass is 340 g/mol. The largest absolute Gasteiger partial charge is 0.314 e. The average molecular weight is 342 g/mol. The van der Waals surface area contributed by atoms with Gasteiger partial charge in [-0.15, -0.1) is 0 Å². The van der Waals surface area contributed by atoms with Crippen molar-refractivity contribution in [3.05, 3.63) is 41.6 Å². The molecule has 20 heavy (non-hydrogen) atoms. The minimum Gasteiger partial charge on any atom is -0.263 e. The van der Waals surface area contributed by atoms with Gasteiger partial charge in [0.2, 0.25) is 0 Å². The van der Waals surface area contributed by atoms with Crippen LogP contribution in [0.25, 0.3) is 0 Å². The summed E-state index contributed by atoms with van der Waals surface area (Å²) in [4.78, 5) is 19.2. The summed E-state index contributed by atoms with van der Waals surface area (Å²) in [6.07, 6.45) is 0.408. The van der Waals surface area contributed by atoms with Crippen molar-refractivity contribution in [2.45, 2.75) is 25.3 Å². The van der Waals surface area contributed by atoms with E-state index < -0.39 is 36.9 Å². The van der Waals surface area contributed by atoms with Crippen molar-refractivity contribution in [3.63, 3.8) is 0 Å². The molecule has 0 unspecified atom stereocenters. The fraction of sp³-hybridized carbons (Fsp3) is 0.636. The quantitative estimate of drug-likeness (QED) is 0.257. The molecular weight excluding hydrogens is 330 g/mol. The zero-order valence-electron chi connectivity index (χ0n) is 10.6. The van der Waals surface area contributed by atoms with Gasteiger partial charge < -0.3 is 0 Å². The molecule has 2 bridgehead atoms. The smallest absolute Gasteiger partial charge is 0.263 e. The van der Waals surface area contributed by atoms with Crippen LogP contribution in [0.4, 0.5) is 0 Å². The highest BCUT2D eigenvalue weighted by Crippen LogP contribution is 2.62. The standard InChI is InChI=1S/C11H11Cl3N2O4/c1-4-5(2)7-3-6(4)8(11(7,14)16(19)20)9(10(12)13)15(17)18/h6-8H,3H2,1-2H3/t6-,7+,8-,11+/m0/s1. The Bertz CT molecular complexity index is 570. The first-order valence-corrected chi connectivity index (χ1v) is 6.97. The van der Waals surface area contributed by atoms with Gasteiger partial charge in [-0.05, 0) is 31.9 Å². The lowest BCUT2D eigenvalue weighted by Gasteiger charge is -2.31. The first-order valence-electron chi connectivity index (χ1n) is 5.84. The molecule has 2 aliphatic carbocycles. The summed E-state index contributed by atoms with van der Waals surface area (Å²) in [5.41, 5.74) is 1.15. The molecule has 0 saturated heterocycles. The van der Waals surface area contributed by atoms with Crippen LogP contribution in [-0.2, 0) is 0 Å². The Kier molecular flexibility index (Phi) is 3.77. The highest BCUT2D eigenvalue weighted by atomic mass is 35.5. The van der Waals surface area contributed by atoms with E-state index in [1.54, 1.807) is 6.92 Å². The third-order valence-corrected chi connectivity index (χ3v) is 5.51. The lowest BCUT2D eigenvalue weighted by molar-refractivity contribution is -0.563. The van der Waals surface area contributed by atoms with Crippen molar-refractivity contribution < 1.29 is 9.85 Å². The predicted octanol–water partition coefficient (Wildman–Crippen LogP) is 3.72. The number of alkyl halides is 1. The summed E-state index contributed by atoms with van der Waals surface area (Å²) in [5, 5.41) is 22.6. The molecule has 4 atom stereocenters. The first-order chi connectivity index (χ1) is 9.13. The van der Waals surface area contributed by atoms with Gasteiger partial charge in [0.05, 0.1) is 10.8 Å². The Morgan fingerprint density at radius 2 is 1.80 bits per heavy atom. The SMILES string of the molecule is CC1=C(C)[C@@H]2C[C@H]1[C@@](Cl)([N+](=O)[O-])[C@@H]2C(=C(Cl)Cl)[N+](=O)[O-]. The van der Waals surface area contributed by atoms with E-state index in [1.165, 1.54) is 0 Å². The van der Waals surface area contributed by atoms with Gasteiger partial charge in [0, 0.05) is 10.8 Å². The number of rotatable bonds is 3. The Morgan fingerprint density at radius 1 is 1.25 bits per heavy atom. The molecule has 1 fully saturated rings. The Morgan fingerprint density at radius 3 is 2.20 bits per heavy atom. The number of allylic oxidation sites excluding steroid dienone is 1. The molecule has 0 amide bonds. The van der Waals surface area contributed by atoms with Crippen molar-refractivity contribution in [1.29, 1.82) is 0 Å². The molecule has 0 aromatic rings. The Balaban J connectivity index is 2.66. The van der Waals surface area contributed by atoms with Gasteiger partial charge >= 0.3 is 5.00 Å². The van der Waals surface area contributed by atoms with E-state index >= 15 is 0 Å². The maximum atomic E-state index is 11.4. The molecule has 110 valence electrons. The zero-order chi connectivity index (χ0) is 15.4. The summed E-state index contributed by atoms with van der Waals surface area (Å²) in [5.74, 6) is -2.06. The highest BCUT2D eigenvalue weighted by molar-refractivity contribution is 6.56. The van der Waals surface area contributed by atoms with Gasteiger partial charge in [-0.1, -0.05) is 34.3 Å². The topological polar surface area (TPSA) is 86.3 Å². The van der Waals surface area contributed by atoms with E-state index in [9.17, 15) is 20.2 Å². The van der Waals surface area contributed by atoms with Gasteiger partial charge in [0.15, 0.2) is 4.49 Å². The third kappa shape index (κ3) is 1.85. The van der Waals surface area contributed by atoms with Crippen LogP contribution in [0.15, 0.2) is 21.3 Å². The number of nitro groups is 2. The molecule has 0 N–H and O–H groups in total. The van der Waals surface area contributed by atoms with E-state index in [0.717, 1.165) is 11.1 Å². The lowest BCUT2D eigenvalue weighted by Crippen LogP contribution is -2.47. The summed E-state index contributed by atoms with van der Waals surface area (Å²) in [7, 11) is 0. The summed E-state index contributed by atoms with van der Waals surface area (Å²) < 4.78 is -0.579. The molecule has 0 spiro atoms. The second-order valence-electron chi connectivity index (χ2n) is 5.13. The van der Waals surface area contributed by atoms with Gasteiger partial charge in [0.25, 0.3) is 5.70 Å². The van der Waals surface area contributed by atoms with Crippen LogP contribution in [0.5, 0.6) is 0 Å². The highest BCUT2D eigenvalue weighted by Gasteiger charge is 2.71. The van der Waals surface area contributed by atoms with Crippen molar-refractivity contribution >= 4 is 34.8 Å². The molecule has 9 heteroatoms. The number of halogens is 3. The summed E-state index contributed by atoms with van der Waals surface area (Å²) in [6.45, 7) is 3.58. The second kappa shape index (κ2) is 4.86. The summed E-state index contributed by atoms with van der Waals surface area (Å²) >= 11 is 17.4. The number of nitrogens with zero attached hydrogens (tertiary/aromatic N) is 2. The fourth-order valence-corrected chi connectivity index (χ4v) is 4.33. The molecule has 2 aliphatic rings. The van der Waals surface area contributed by atoms with Gasteiger partial charge in [-0.3, -0.25) is 20.2 Å². The zero-order valence-corrected chi connectivity index (χ0v) is 12.9. The molecule has 0 radical (unpaired) electrons. The first kappa shape index (κ1) is 15.5. The average Bonchev–Trinajstić information content (AvgIpc) is 2.76. The van der Waals surface area contributed by atoms with Gasteiger partial charge in [-0.2, -0.15) is 0 Å². The number of hydrogen-bond donors (Lipinski definition) is 0. The maximum Gasteiger partial charge on any atom is 0.314 e.